The molecule has 4 aliphatic heterocycles. The molecule has 5 rings (SSSR count). The third-order valence-corrected chi connectivity index (χ3v) is 16.5. The second kappa shape index (κ2) is 26.9. The fraction of sp³-hybridized carbons (Fsp3) is 0.818. The summed E-state index contributed by atoms with van der Waals surface area (Å²) in [4.78, 5) is 51.8. The van der Waals surface area contributed by atoms with E-state index in [1.54, 1.807) is 34.1 Å². The molecule has 0 aromatic heterocycles. The number of methoxy groups -OCH3 is 2. The average Bonchev–Trinajstić information content (AvgIpc) is 3.67. The molecule has 4 aliphatic rings. The van der Waals surface area contributed by atoms with Crippen molar-refractivity contribution in [2.24, 2.45) is 28.8 Å². The zero-order valence-corrected chi connectivity index (χ0v) is 48.1. The molecule has 0 unspecified atom stereocenters. The molecule has 0 spiro atoms. The Bertz CT molecular complexity index is 2010. The van der Waals surface area contributed by atoms with Crippen LogP contribution < -0.4 is 0 Å². The summed E-state index contributed by atoms with van der Waals surface area (Å²) < 4.78 is 72.0. The number of carbonyl (C=O) groups is 3. The average molecular weight is 1070 g/mol. The van der Waals surface area contributed by atoms with Crippen molar-refractivity contribution in [3.05, 3.63) is 34.9 Å². The number of rotatable bonds is 19. The van der Waals surface area contributed by atoms with Crippen LogP contribution in [0.1, 0.15) is 128 Å². The quantitative estimate of drug-likeness (QED) is 0.0555. The molecule has 0 radical (unpaired) electrons. The topological polar surface area (TPSA) is 181 Å². The number of hydrogen-bond acceptors (Lipinski definition) is 18. The van der Waals surface area contributed by atoms with E-state index in [1.165, 1.54) is 6.92 Å². The first-order valence-corrected chi connectivity index (χ1v) is 27.2. The van der Waals surface area contributed by atoms with Gasteiger partial charge >= 0.3 is 18.1 Å². The van der Waals surface area contributed by atoms with Gasteiger partial charge < -0.3 is 66.7 Å². The Labute approximate surface area is 446 Å². The normalized spacial score (nSPS) is 39.0. The lowest BCUT2D eigenvalue weighted by molar-refractivity contribution is -0.322. The zero-order valence-electron chi connectivity index (χ0n) is 47.4. The molecular formula is C55H90ClN3O15. The Morgan fingerprint density at radius 2 is 1.53 bits per heavy atom. The van der Waals surface area contributed by atoms with Crippen molar-refractivity contribution in [1.29, 1.82) is 0 Å². The van der Waals surface area contributed by atoms with E-state index < -0.39 is 114 Å². The first kappa shape index (κ1) is 61.7. The predicted molar refractivity (Wildman–Crippen MR) is 279 cm³/mol. The molecular weight excluding hydrogens is 978 g/mol. The summed E-state index contributed by atoms with van der Waals surface area (Å²) in [5.41, 5.74) is -2.33. The number of hydrogen-bond donors (Lipinski definition) is 0. The maximum absolute atomic E-state index is 15.1. The predicted octanol–water partition coefficient (Wildman–Crippen LogP) is 8.61. The van der Waals surface area contributed by atoms with E-state index in [4.69, 9.17) is 73.7 Å². The Balaban J connectivity index is 1.65. The van der Waals surface area contributed by atoms with Crippen LogP contribution in [0.15, 0.2) is 29.4 Å². The molecule has 18 nitrogen and oxygen atoms in total. The number of ether oxygens (including phenoxy) is 11. The first-order valence-electron chi connectivity index (χ1n) is 26.8. The van der Waals surface area contributed by atoms with Gasteiger partial charge in [-0.05, 0) is 100 Å². The van der Waals surface area contributed by atoms with Crippen molar-refractivity contribution in [2.75, 3.05) is 54.6 Å². The maximum atomic E-state index is 15.1. The van der Waals surface area contributed by atoms with Gasteiger partial charge in [-0.2, -0.15) is 0 Å². The molecule has 19 heteroatoms. The highest BCUT2D eigenvalue weighted by atomic mass is 35.5. The number of esters is 2. The van der Waals surface area contributed by atoms with Crippen LogP contribution in [0, 0.1) is 23.7 Å². The second-order valence-electron chi connectivity index (χ2n) is 21.8. The minimum absolute atomic E-state index is 0.0482. The minimum Gasteiger partial charge on any atom is -0.458 e. The highest BCUT2D eigenvalue weighted by Crippen LogP contribution is 2.45. The van der Waals surface area contributed by atoms with Crippen LogP contribution in [0.5, 0.6) is 0 Å². The SMILES string of the molecule is CC[C@H]1OC(=O)[C@H](C)[C@@H](O[C@H]2C[C@@](C)(OC)[C@@H](OCCCN(CC)CC)[C@H](C)O2)[C@H](C)[C@@H](O[C@@H]2O[C@H](C)C[C@H](N(C)C)[C@H]2OC(C)=O)[C@](C)(OC)C[C@@H](C)/C(=N\OCc2ccccc2Cl)[C@H](C)[C@H]2OC(=O)O[C@@]21C. The minimum atomic E-state index is -1.46. The van der Waals surface area contributed by atoms with E-state index in [0.29, 0.717) is 23.8 Å². The van der Waals surface area contributed by atoms with Gasteiger partial charge in [0.2, 0.25) is 0 Å². The van der Waals surface area contributed by atoms with Crippen LogP contribution in [-0.2, 0) is 73.1 Å². The summed E-state index contributed by atoms with van der Waals surface area (Å²) in [6.45, 7) is 28.0. The van der Waals surface area contributed by atoms with E-state index in [9.17, 15) is 9.59 Å². The van der Waals surface area contributed by atoms with Gasteiger partial charge in [0.1, 0.15) is 18.8 Å². The van der Waals surface area contributed by atoms with Crippen molar-refractivity contribution >= 4 is 35.4 Å². The smallest absolute Gasteiger partial charge is 0.458 e. The van der Waals surface area contributed by atoms with Crippen LogP contribution in [0.25, 0.3) is 0 Å². The fourth-order valence-corrected chi connectivity index (χ4v) is 12.0. The van der Waals surface area contributed by atoms with Gasteiger partial charge in [0.05, 0.1) is 53.3 Å². The van der Waals surface area contributed by atoms with Crippen molar-refractivity contribution in [2.45, 2.75) is 213 Å². The van der Waals surface area contributed by atoms with E-state index >= 15 is 4.79 Å². The van der Waals surface area contributed by atoms with Crippen LogP contribution >= 0.6 is 11.6 Å². The van der Waals surface area contributed by atoms with E-state index in [1.807, 2.05) is 92.6 Å². The number of nitrogens with zero attached hydrogens (tertiary/aromatic N) is 3. The number of cyclic esters (lactones) is 1. The van der Waals surface area contributed by atoms with Crippen LogP contribution in [0.3, 0.4) is 0 Å². The largest absolute Gasteiger partial charge is 0.509 e. The lowest BCUT2D eigenvalue weighted by Crippen LogP contribution is -2.62. The van der Waals surface area contributed by atoms with Crippen LogP contribution in [0.4, 0.5) is 4.79 Å². The number of halogens is 1. The molecule has 18 atom stereocenters. The maximum Gasteiger partial charge on any atom is 0.509 e. The lowest BCUT2D eigenvalue weighted by Gasteiger charge is -2.50. The molecule has 0 saturated carbocycles. The third-order valence-electron chi connectivity index (χ3n) is 16.2. The molecule has 74 heavy (non-hydrogen) atoms. The summed E-state index contributed by atoms with van der Waals surface area (Å²) in [5, 5.41) is 5.33. The van der Waals surface area contributed by atoms with Crippen molar-refractivity contribution in [3.8, 4) is 0 Å². The molecule has 4 fully saturated rings. The molecule has 4 saturated heterocycles. The van der Waals surface area contributed by atoms with Gasteiger partial charge in [-0.25, -0.2) is 4.79 Å². The molecule has 0 bridgehead atoms. The monoisotopic (exact) mass is 1070 g/mol. The summed E-state index contributed by atoms with van der Waals surface area (Å²) in [6.07, 6.45) is -6.74. The summed E-state index contributed by atoms with van der Waals surface area (Å²) >= 11 is 6.56. The molecule has 1 aromatic rings. The van der Waals surface area contributed by atoms with E-state index in [2.05, 4.69) is 18.7 Å². The van der Waals surface area contributed by atoms with E-state index in [-0.39, 0.29) is 38.0 Å². The summed E-state index contributed by atoms with van der Waals surface area (Å²) in [7, 11) is 7.11. The molecule has 0 amide bonds. The third kappa shape index (κ3) is 14.5. The highest BCUT2D eigenvalue weighted by Gasteiger charge is 2.59. The van der Waals surface area contributed by atoms with Crippen LogP contribution in [0.2, 0.25) is 5.02 Å². The summed E-state index contributed by atoms with van der Waals surface area (Å²) in [5.74, 6) is -3.95. The number of likely N-dealkylation sites (N-methyl/N-ethyl adjacent to an activating group) is 1. The Morgan fingerprint density at radius 3 is 2.14 bits per heavy atom. The van der Waals surface area contributed by atoms with Gasteiger partial charge in [0, 0.05) is 69.1 Å². The first-order chi connectivity index (χ1) is 34.9. The molecule has 4 heterocycles. The van der Waals surface area contributed by atoms with Crippen molar-refractivity contribution in [3.63, 3.8) is 0 Å². The van der Waals surface area contributed by atoms with Gasteiger partial charge in [-0.15, -0.1) is 0 Å². The van der Waals surface area contributed by atoms with Gasteiger partial charge in [-0.3, -0.25) is 9.59 Å². The van der Waals surface area contributed by atoms with Gasteiger partial charge in [0.15, 0.2) is 30.4 Å². The number of benzene rings is 1. The summed E-state index contributed by atoms with van der Waals surface area (Å²) in [6, 6.07) is 7.05. The van der Waals surface area contributed by atoms with Crippen molar-refractivity contribution in [1.82, 2.24) is 9.80 Å². The second-order valence-corrected chi connectivity index (χ2v) is 22.2. The highest BCUT2D eigenvalue weighted by molar-refractivity contribution is 6.31. The van der Waals surface area contributed by atoms with E-state index in [0.717, 1.165) is 31.6 Å². The lowest BCUT2D eigenvalue weighted by atomic mass is 9.73. The van der Waals surface area contributed by atoms with Gasteiger partial charge in [0.25, 0.3) is 0 Å². The molecule has 1 aromatic carbocycles. The Morgan fingerprint density at radius 1 is 0.865 bits per heavy atom. The van der Waals surface area contributed by atoms with Crippen LogP contribution in [-0.4, -0.2) is 172 Å². The Kier molecular flexibility index (Phi) is 22.4. The Hall–Kier alpha value is -3.17. The molecule has 0 aliphatic carbocycles. The number of carbonyl (C=O) groups excluding carboxylic acids is 3. The van der Waals surface area contributed by atoms with Gasteiger partial charge in [-0.1, -0.05) is 76.5 Å². The molecule has 0 N–H and O–H groups in total. The molecule has 422 valence electrons. The fourth-order valence-electron chi connectivity index (χ4n) is 11.8. The standard InChI is InChI=1S/C55H90ClN3O15/c1-18-42-55(13)48(73-52(62)74-55)34(6)44(57-66-31-39-24-21-22-25-40(39)56)32(4)29-53(11,63-16)47(72-51-46(69-38(10)60)41(58(14)15)28-33(5)67-51)35(7)45(36(8)50(61)70-42)71-43-30-54(12,64-17)49(37(9)68-43)65-27-23-26-59(19-2)20-3/h21-22,24-25,32-37,41-43,45-49,51H,18-20,23,26-31H2,1-17H3/b57-44+/t32-,33-,34+,35+,36-,37+,41+,42-,43+,45+,46-,47-,48-,49+,51+,53-,54-,55-/m1/s1. The van der Waals surface area contributed by atoms with Crippen molar-refractivity contribution < 1.29 is 71.3 Å². The number of oxime groups is 1. The number of fused-ring (bicyclic) bond motifs is 1. The zero-order chi connectivity index (χ0) is 54.9.